The first-order valence-electron chi connectivity index (χ1n) is 9.58. The molecule has 0 fully saturated rings. The molecule has 3 aromatic carbocycles. The summed E-state index contributed by atoms with van der Waals surface area (Å²) in [5.74, 6) is -0.676. The van der Waals surface area contributed by atoms with Crippen LogP contribution in [0.15, 0.2) is 77.7 Å². The molecule has 0 heterocycles. The lowest BCUT2D eigenvalue weighted by atomic mass is 10.1. The molecule has 0 spiro atoms. The third-order valence-electron chi connectivity index (χ3n) is 4.52. The number of nitrogens with one attached hydrogen (secondary N) is 3. The van der Waals surface area contributed by atoms with E-state index in [2.05, 4.69) is 15.4 Å². The summed E-state index contributed by atoms with van der Waals surface area (Å²) in [5, 5.41) is 5.44. The highest BCUT2D eigenvalue weighted by atomic mass is 32.2. The third-order valence-corrected chi connectivity index (χ3v) is 5.92. The van der Waals surface area contributed by atoms with Crippen LogP contribution < -0.4 is 15.4 Å². The average molecular weight is 438 g/mol. The number of hydrogen-bond donors (Lipinski definition) is 3. The second-order valence-corrected chi connectivity index (χ2v) is 8.77. The Balaban J connectivity index is 1.76. The second kappa shape index (κ2) is 9.55. The molecule has 0 aliphatic rings. The van der Waals surface area contributed by atoms with Crippen molar-refractivity contribution >= 4 is 33.2 Å². The van der Waals surface area contributed by atoms with Gasteiger partial charge in [0.1, 0.15) is 0 Å². The number of carbonyl (C=O) groups excluding carboxylic acids is 2. The van der Waals surface area contributed by atoms with Crippen LogP contribution in [0.25, 0.3) is 0 Å². The fourth-order valence-electron chi connectivity index (χ4n) is 2.89. The van der Waals surface area contributed by atoms with Gasteiger partial charge in [0.2, 0.25) is 15.9 Å². The van der Waals surface area contributed by atoms with Crippen LogP contribution >= 0.6 is 0 Å². The Morgan fingerprint density at radius 1 is 0.871 bits per heavy atom. The Labute approximate surface area is 181 Å². The van der Waals surface area contributed by atoms with Crippen molar-refractivity contribution in [2.24, 2.45) is 0 Å². The van der Waals surface area contributed by atoms with Crippen molar-refractivity contribution in [2.75, 3.05) is 10.6 Å². The van der Waals surface area contributed by atoms with Crippen LogP contribution in [0.3, 0.4) is 0 Å². The molecule has 3 N–H and O–H groups in total. The molecule has 0 saturated heterocycles. The molecule has 0 atom stereocenters. The van der Waals surface area contributed by atoms with E-state index in [1.807, 2.05) is 37.3 Å². The molecule has 8 heteroatoms. The van der Waals surface area contributed by atoms with Gasteiger partial charge in [-0.2, -0.15) is 0 Å². The molecule has 0 radical (unpaired) electrons. The van der Waals surface area contributed by atoms with E-state index >= 15 is 0 Å². The quantitative estimate of drug-likeness (QED) is 0.524. The summed E-state index contributed by atoms with van der Waals surface area (Å²) in [7, 11) is -3.79. The molecule has 3 aromatic rings. The van der Waals surface area contributed by atoms with Crippen LogP contribution in [0.1, 0.15) is 28.4 Å². The maximum Gasteiger partial charge on any atom is 0.255 e. The monoisotopic (exact) mass is 437 g/mol. The van der Waals surface area contributed by atoms with E-state index in [1.165, 1.54) is 25.1 Å². The summed E-state index contributed by atoms with van der Waals surface area (Å²) in [4.78, 5) is 24.0. The van der Waals surface area contributed by atoms with E-state index in [0.717, 1.165) is 11.1 Å². The minimum Gasteiger partial charge on any atom is -0.326 e. The van der Waals surface area contributed by atoms with Crippen molar-refractivity contribution < 1.29 is 18.0 Å². The van der Waals surface area contributed by atoms with Gasteiger partial charge in [-0.15, -0.1) is 0 Å². The normalized spacial score (nSPS) is 11.0. The number of rotatable bonds is 7. The Hall–Kier alpha value is -3.49. The summed E-state index contributed by atoms with van der Waals surface area (Å²) in [6, 6.07) is 20.1. The fourth-order valence-corrected chi connectivity index (χ4v) is 3.96. The average Bonchev–Trinajstić information content (AvgIpc) is 2.75. The number of amides is 2. The Bertz CT molecular complexity index is 1210. The highest BCUT2D eigenvalue weighted by Crippen LogP contribution is 2.22. The van der Waals surface area contributed by atoms with Crippen molar-refractivity contribution in [2.45, 2.75) is 25.3 Å². The second-order valence-electron chi connectivity index (χ2n) is 7.00. The van der Waals surface area contributed by atoms with Crippen LogP contribution in [0, 0.1) is 6.92 Å². The minimum atomic E-state index is -3.79. The number of sulfonamides is 1. The van der Waals surface area contributed by atoms with Crippen LogP contribution in [0.2, 0.25) is 0 Å². The van der Waals surface area contributed by atoms with Gasteiger partial charge in [-0.05, 0) is 48.4 Å². The molecular weight excluding hydrogens is 414 g/mol. The Morgan fingerprint density at radius 2 is 1.61 bits per heavy atom. The Kier molecular flexibility index (Phi) is 6.84. The van der Waals surface area contributed by atoms with Crippen molar-refractivity contribution in [3.05, 3.63) is 89.5 Å². The van der Waals surface area contributed by atoms with E-state index in [-0.39, 0.29) is 22.9 Å². The maximum atomic E-state index is 12.7. The van der Waals surface area contributed by atoms with Gasteiger partial charge in [0.05, 0.1) is 4.90 Å². The third kappa shape index (κ3) is 6.00. The van der Waals surface area contributed by atoms with Gasteiger partial charge in [0.15, 0.2) is 0 Å². The number of benzene rings is 3. The first-order valence-corrected chi connectivity index (χ1v) is 11.1. The number of hydrogen-bond acceptors (Lipinski definition) is 4. The van der Waals surface area contributed by atoms with Crippen molar-refractivity contribution in [3.8, 4) is 0 Å². The van der Waals surface area contributed by atoms with Crippen LogP contribution in [-0.4, -0.2) is 20.2 Å². The van der Waals surface area contributed by atoms with E-state index in [1.54, 1.807) is 24.3 Å². The topological polar surface area (TPSA) is 104 Å². The van der Waals surface area contributed by atoms with E-state index in [0.29, 0.717) is 11.4 Å². The summed E-state index contributed by atoms with van der Waals surface area (Å²) in [5.41, 5.74) is 2.90. The summed E-state index contributed by atoms with van der Waals surface area (Å²) in [6.07, 6.45) is 0. The SMILES string of the molecule is CC(=O)Nc1ccc(C)c(NC(=O)c2cccc(S(=O)(=O)NCc3ccccc3)c2)c1. The molecule has 3 rings (SSSR count). The van der Waals surface area contributed by atoms with Crippen LogP contribution in [0.5, 0.6) is 0 Å². The lowest BCUT2D eigenvalue weighted by molar-refractivity contribution is -0.114. The molecule has 0 aliphatic heterocycles. The number of carbonyl (C=O) groups is 2. The summed E-state index contributed by atoms with van der Waals surface area (Å²) >= 11 is 0. The van der Waals surface area contributed by atoms with Crippen molar-refractivity contribution in [1.29, 1.82) is 0 Å². The van der Waals surface area contributed by atoms with Gasteiger partial charge >= 0.3 is 0 Å². The molecular formula is C23H23N3O4S. The summed E-state index contributed by atoms with van der Waals surface area (Å²) < 4.78 is 27.9. The van der Waals surface area contributed by atoms with Gasteiger partial charge < -0.3 is 10.6 Å². The van der Waals surface area contributed by atoms with Crippen molar-refractivity contribution in [1.82, 2.24) is 4.72 Å². The van der Waals surface area contributed by atoms with E-state index < -0.39 is 15.9 Å². The lowest BCUT2D eigenvalue weighted by Crippen LogP contribution is -2.23. The number of anilines is 2. The molecule has 0 bridgehead atoms. The van der Waals surface area contributed by atoms with Gasteiger partial charge in [-0.25, -0.2) is 13.1 Å². The molecule has 0 aromatic heterocycles. The zero-order valence-electron chi connectivity index (χ0n) is 17.2. The highest BCUT2D eigenvalue weighted by molar-refractivity contribution is 7.89. The van der Waals surface area contributed by atoms with Crippen LogP contribution in [-0.2, 0) is 21.4 Å². The lowest BCUT2D eigenvalue weighted by Gasteiger charge is -2.12. The molecule has 2 amide bonds. The molecule has 0 saturated carbocycles. The van der Waals surface area contributed by atoms with Gasteiger partial charge in [-0.3, -0.25) is 9.59 Å². The van der Waals surface area contributed by atoms with Gasteiger partial charge in [0, 0.05) is 30.4 Å². The van der Waals surface area contributed by atoms with E-state index in [4.69, 9.17) is 0 Å². The predicted molar refractivity (Wildman–Crippen MR) is 120 cm³/mol. The maximum absolute atomic E-state index is 12.7. The molecule has 7 nitrogen and oxygen atoms in total. The Morgan fingerprint density at radius 3 is 2.32 bits per heavy atom. The highest BCUT2D eigenvalue weighted by Gasteiger charge is 2.17. The smallest absolute Gasteiger partial charge is 0.255 e. The molecule has 31 heavy (non-hydrogen) atoms. The standard InChI is InChI=1S/C23H23N3O4S/c1-16-11-12-20(25-17(2)27)14-22(16)26-23(28)19-9-6-10-21(13-19)31(29,30)24-15-18-7-4-3-5-8-18/h3-14,24H,15H2,1-2H3,(H,25,27)(H,26,28). The molecule has 0 unspecified atom stereocenters. The van der Waals surface area contributed by atoms with Gasteiger partial charge in [-0.1, -0.05) is 42.5 Å². The first-order chi connectivity index (χ1) is 14.7. The van der Waals surface area contributed by atoms with Crippen LogP contribution in [0.4, 0.5) is 11.4 Å². The van der Waals surface area contributed by atoms with Crippen molar-refractivity contribution in [3.63, 3.8) is 0 Å². The largest absolute Gasteiger partial charge is 0.326 e. The molecule has 0 aliphatic carbocycles. The summed E-state index contributed by atoms with van der Waals surface area (Å²) in [6.45, 7) is 3.37. The predicted octanol–water partition coefficient (Wildman–Crippen LogP) is 3.68. The first kappa shape index (κ1) is 22.2. The molecule has 160 valence electrons. The van der Waals surface area contributed by atoms with E-state index in [9.17, 15) is 18.0 Å². The fraction of sp³-hybridized carbons (Fsp3) is 0.130. The zero-order valence-corrected chi connectivity index (χ0v) is 18.0. The van der Waals surface area contributed by atoms with Gasteiger partial charge in [0.25, 0.3) is 5.91 Å². The zero-order chi connectivity index (χ0) is 22.4. The number of aryl methyl sites for hydroxylation is 1. The minimum absolute atomic E-state index is 0.000185.